The standard InChI is InChI=1S/C28H34N2O3S2/c1-21(2)25-10-12-26(13-11-25)30(35(32,33)27-14-8-22(3)9-15-27)19-28(31)29-16-17-34-20-24-7-5-6-23(4)18-24/h5-15,18,21H,16-17,19-20H2,1-4H3,(H,29,31). The van der Waals surface area contributed by atoms with Gasteiger partial charge in [-0.3, -0.25) is 9.10 Å². The summed E-state index contributed by atoms with van der Waals surface area (Å²) in [6.07, 6.45) is 0. The molecule has 3 rings (SSSR count). The summed E-state index contributed by atoms with van der Waals surface area (Å²) in [5, 5.41) is 2.88. The van der Waals surface area contributed by atoms with Gasteiger partial charge in [-0.25, -0.2) is 8.42 Å². The van der Waals surface area contributed by atoms with Crippen LogP contribution >= 0.6 is 11.8 Å². The third kappa shape index (κ3) is 7.61. The molecule has 0 saturated carbocycles. The van der Waals surface area contributed by atoms with Crippen LogP contribution in [-0.2, 0) is 20.6 Å². The third-order valence-corrected chi connectivity index (χ3v) is 8.48. The lowest BCUT2D eigenvalue weighted by Crippen LogP contribution is -2.41. The van der Waals surface area contributed by atoms with Crippen molar-refractivity contribution in [3.63, 3.8) is 0 Å². The normalized spacial score (nSPS) is 11.5. The first-order valence-corrected chi connectivity index (χ1v) is 14.4. The van der Waals surface area contributed by atoms with E-state index in [1.807, 2.05) is 25.1 Å². The van der Waals surface area contributed by atoms with E-state index in [4.69, 9.17) is 0 Å². The number of hydrogen-bond acceptors (Lipinski definition) is 4. The minimum absolute atomic E-state index is 0.164. The molecule has 0 aliphatic carbocycles. The van der Waals surface area contributed by atoms with Gasteiger partial charge in [-0.1, -0.05) is 73.5 Å². The van der Waals surface area contributed by atoms with E-state index in [0.29, 0.717) is 18.2 Å². The van der Waals surface area contributed by atoms with Crippen molar-refractivity contribution < 1.29 is 13.2 Å². The van der Waals surface area contributed by atoms with Gasteiger partial charge in [-0.05, 0) is 55.2 Å². The largest absolute Gasteiger partial charge is 0.354 e. The average molecular weight is 511 g/mol. The first-order chi connectivity index (χ1) is 16.7. The van der Waals surface area contributed by atoms with Crippen molar-refractivity contribution in [3.8, 4) is 0 Å². The summed E-state index contributed by atoms with van der Waals surface area (Å²) in [4.78, 5) is 12.9. The highest BCUT2D eigenvalue weighted by Gasteiger charge is 2.27. The predicted octanol–water partition coefficient (Wildman–Crippen LogP) is 5.67. The summed E-state index contributed by atoms with van der Waals surface area (Å²) < 4.78 is 28.2. The first kappa shape index (κ1) is 26.8. The molecule has 1 amide bonds. The summed E-state index contributed by atoms with van der Waals surface area (Å²) >= 11 is 1.73. The molecule has 5 nitrogen and oxygen atoms in total. The number of aryl methyl sites for hydroxylation is 2. The Kier molecular flexibility index (Phi) is 9.40. The second-order valence-corrected chi connectivity index (χ2v) is 11.9. The van der Waals surface area contributed by atoms with E-state index in [1.54, 1.807) is 48.2 Å². The number of sulfonamides is 1. The molecule has 0 aliphatic rings. The molecule has 0 fully saturated rings. The van der Waals surface area contributed by atoms with E-state index in [-0.39, 0.29) is 17.3 Å². The molecule has 3 aromatic carbocycles. The number of rotatable bonds is 11. The number of benzene rings is 3. The molecule has 35 heavy (non-hydrogen) atoms. The van der Waals surface area contributed by atoms with Gasteiger partial charge in [0.25, 0.3) is 10.0 Å². The smallest absolute Gasteiger partial charge is 0.264 e. The van der Waals surface area contributed by atoms with Gasteiger partial charge in [0.1, 0.15) is 6.54 Å². The molecule has 0 aliphatic heterocycles. The van der Waals surface area contributed by atoms with Crippen LogP contribution in [0, 0.1) is 13.8 Å². The van der Waals surface area contributed by atoms with Gasteiger partial charge in [0.2, 0.25) is 5.91 Å². The zero-order valence-corrected chi connectivity index (χ0v) is 22.5. The summed E-state index contributed by atoms with van der Waals surface area (Å²) in [7, 11) is -3.91. The molecule has 0 unspecified atom stereocenters. The SMILES string of the molecule is Cc1ccc(S(=O)(=O)N(CC(=O)NCCSCc2cccc(C)c2)c2ccc(C(C)C)cc2)cc1. The molecule has 0 aromatic heterocycles. The second kappa shape index (κ2) is 12.3. The van der Waals surface area contributed by atoms with Crippen LogP contribution in [0.2, 0.25) is 0 Å². The molecular formula is C28H34N2O3S2. The topological polar surface area (TPSA) is 66.5 Å². The Hall–Kier alpha value is -2.77. The predicted molar refractivity (Wildman–Crippen MR) is 147 cm³/mol. The Morgan fingerprint density at radius 2 is 1.63 bits per heavy atom. The Morgan fingerprint density at radius 1 is 0.943 bits per heavy atom. The van der Waals surface area contributed by atoms with E-state index in [9.17, 15) is 13.2 Å². The Balaban J connectivity index is 1.67. The van der Waals surface area contributed by atoms with Crippen molar-refractivity contribution in [2.45, 2.75) is 44.3 Å². The number of nitrogens with zero attached hydrogens (tertiary/aromatic N) is 1. The van der Waals surface area contributed by atoms with Crippen LogP contribution in [0.25, 0.3) is 0 Å². The minimum Gasteiger partial charge on any atom is -0.354 e. The van der Waals surface area contributed by atoms with Gasteiger partial charge < -0.3 is 5.32 Å². The third-order valence-electron chi connectivity index (χ3n) is 5.66. The van der Waals surface area contributed by atoms with E-state index < -0.39 is 10.0 Å². The van der Waals surface area contributed by atoms with Gasteiger partial charge >= 0.3 is 0 Å². The number of amides is 1. The van der Waals surface area contributed by atoms with Gasteiger partial charge in [-0.15, -0.1) is 0 Å². The number of carbonyl (C=O) groups is 1. The number of anilines is 1. The minimum atomic E-state index is -3.91. The highest BCUT2D eigenvalue weighted by molar-refractivity contribution is 7.98. The lowest BCUT2D eigenvalue weighted by Gasteiger charge is -2.24. The number of hydrogen-bond donors (Lipinski definition) is 1. The fraction of sp³-hybridized carbons (Fsp3) is 0.321. The van der Waals surface area contributed by atoms with Crippen molar-refractivity contribution >= 4 is 33.4 Å². The van der Waals surface area contributed by atoms with Crippen LogP contribution in [0.4, 0.5) is 5.69 Å². The molecule has 0 heterocycles. The van der Waals surface area contributed by atoms with Crippen LogP contribution < -0.4 is 9.62 Å². The van der Waals surface area contributed by atoms with Crippen LogP contribution in [0.15, 0.2) is 77.7 Å². The summed E-state index contributed by atoms with van der Waals surface area (Å²) in [5.41, 5.74) is 5.03. The molecule has 0 bridgehead atoms. The van der Waals surface area contributed by atoms with E-state index in [1.165, 1.54) is 15.4 Å². The fourth-order valence-electron chi connectivity index (χ4n) is 3.62. The van der Waals surface area contributed by atoms with E-state index in [0.717, 1.165) is 22.6 Å². The maximum atomic E-state index is 13.5. The van der Waals surface area contributed by atoms with Crippen molar-refractivity contribution in [3.05, 3.63) is 95.1 Å². The average Bonchev–Trinajstić information content (AvgIpc) is 2.82. The summed E-state index contributed by atoms with van der Waals surface area (Å²) in [6, 6.07) is 22.4. The molecular weight excluding hydrogens is 476 g/mol. The van der Waals surface area contributed by atoms with Crippen molar-refractivity contribution in [1.29, 1.82) is 0 Å². The second-order valence-electron chi connectivity index (χ2n) is 8.96. The van der Waals surface area contributed by atoms with E-state index >= 15 is 0 Å². The quantitative estimate of drug-likeness (QED) is 0.338. The molecule has 0 spiro atoms. The zero-order valence-electron chi connectivity index (χ0n) is 20.8. The van der Waals surface area contributed by atoms with Gasteiger partial charge in [0.05, 0.1) is 10.6 Å². The molecule has 1 N–H and O–H groups in total. The van der Waals surface area contributed by atoms with Crippen LogP contribution in [0.1, 0.15) is 42.0 Å². The van der Waals surface area contributed by atoms with Gasteiger partial charge in [-0.2, -0.15) is 11.8 Å². The van der Waals surface area contributed by atoms with Crippen molar-refractivity contribution in [1.82, 2.24) is 5.32 Å². The Labute approximate surface area is 214 Å². The highest BCUT2D eigenvalue weighted by Crippen LogP contribution is 2.26. The van der Waals surface area contributed by atoms with Crippen molar-refractivity contribution in [2.75, 3.05) is 23.1 Å². The Morgan fingerprint density at radius 3 is 2.26 bits per heavy atom. The van der Waals surface area contributed by atoms with Crippen molar-refractivity contribution in [2.24, 2.45) is 0 Å². The summed E-state index contributed by atoms with van der Waals surface area (Å²) in [5.74, 6) is 1.61. The molecule has 0 radical (unpaired) electrons. The number of thioether (sulfide) groups is 1. The molecule has 7 heteroatoms. The maximum absolute atomic E-state index is 13.5. The van der Waals surface area contributed by atoms with Gasteiger partial charge in [0, 0.05) is 18.1 Å². The lowest BCUT2D eigenvalue weighted by molar-refractivity contribution is -0.119. The molecule has 0 saturated heterocycles. The van der Waals surface area contributed by atoms with Crippen LogP contribution in [0.5, 0.6) is 0 Å². The molecule has 186 valence electrons. The number of nitrogens with one attached hydrogen (secondary N) is 1. The summed E-state index contributed by atoms with van der Waals surface area (Å²) in [6.45, 7) is 8.34. The fourth-order valence-corrected chi connectivity index (χ4v) is 5.85. The monoisotopic (exact) mass is 510 g/mol. The van der Waals surface area contributed by atoms with Crippen LogP contribution in [-0.4, -0.2) is 33.2 Å². The lowest BCUT2D eigenvalue weighted by atomic mass is 10.0. The van der Waals surface area contributed by atoms with E-state index in [2.05, 4.69) is 44.3 Å². The van der Waals surface area contributed by atoms with Crippen LogP contribution in [0.3, 0.4) is 0 Å². The maximum Gasteiger partial charge on any atom is 0.264 e. The molecule has 3 aromatic rings. The molecule has 0 atom stereocenters. The van der Waals surface area contributed by atoms with Gasteiger partial charge in [0.15, 0.2) is 0 Å². The number of carbonyl (C=O) groups excluding carboxylic acids is 1. The first-order valence-electron chi connectivity index (χ1n) is 11.8. The Bertz CT molecular complexity index is 1220. The highest BCUT2D eigenvalue weighted by atomic mass is 32.2. The zero-order chi connectivity index (χ0) is 25.4.